The fourth-order valence-electron chi connectivity index (χ4n) is 1.26. The molecule has 0 atom stereocenters. The van der Waals surface area contributed by atoms with Gasteiger partial charge in [-0.1, -0.05) is 13.0 Å². The molecule has 0 radical (unpaired) electrons. The van der Waals surface area contributed by atoms with Crippen LogP contribution in [0.15, 0.2) is 24.5 Å². The summed E-state index contributed by atoms with van der Waals surface area (Å²) in [5.74, 6) is 0. The molecular weight excluding hydrogens is 148 g/mol. The molecule has 0 N–H and O–H groups in total. The molecular formula is C10H16N2. The Morgan fingerprint density at radius 1 is 1.50 bits per heavy atom. The molecule has 1 aromatic rings. The van der Waals surface area contributed by atoms with Crippen molar-refractivity contribution >= 4 is 0 Å². The summed E-state index contributed by atoms with van der Waals surface area (Å²) in [5.41, 5.74) is 1.29. The lowest BCUT2D eigenvalue weighted by atomic mass is 10.2. The van der Waals surface area contributed by atoms with Crippen molar-refractivity contribution in [2.45, 2.75) is 19.9 Å². The Bertz CT molecular complexity index is 208. The first-order chi connectivity index (χ1) is 5.83. The van der Waals surface area contributed by atoms with E-state index < -0.39 is 0 Å². The fourth-order valence-corrected chi connectivity index (χ4v) is 1.26. The molecule has 66 valence electrons. The zero-order valence-electron chi connectivity index (χ0n) is 7.83. The Kier molecular flexibility index (Phi) is 3.74. The van der Waals surface area contributed by atoms with Crippen LogP contribution in [0.4, 0.5) is 0 Å². The van der Waals surface area contributed by atoms with E-state index in [9.17, 15) is 0 Å². The molecule has 2 heteroatoms. The molecule has 0 fully saturated rings. The summed E-state index contributed by atoms with van der Waals surface area (Å²) in [7, 11) is 2.14. The molecule has 0 aromatic carbocycles. The zero-order valence-corrected chi connectivity index (χ0v) is 7.83. The molecule has 1 rings (SSSR count). The van der Waals surface area contributed by atoms with Gasteiger partial charge < -0.3 is 4.90 Å². The Morgan fingerprint density at radius 2 is 2.33 bits per heavy atom. The van der Waals surface area contributed by atoms with Crippen molar-refractivity contribution in [3.05, 3.63) is 30.1 Å². The highest BCUT2D eigenvalue weighted by Crippen LogP contribution is 2.00. The van der Waals surface area contributed by atoms with Crippen LogP contribution in [0.5, 0.6) is 0 Å². The summed E-state index contributed by atoms with van der Waals surface area (Å²) < 4.78 is 0. The molecule has 1 aromatic heterocycles. The molecule has 2 nitrogen and oxygen atoms in total. The average molecular weight is 164 g/mol. The van der Waals surface area contributed by atoms with Crippen LogP contribution in [0.3, 0.4) is 0 Å². The van der Waals surface area contributed by atoms with Crippen LogP contribution in [0.2, 0.25) is 0 Å². The molecule has 0 aliphatic carbocycles. The first-order valence-corrected chi connectivity index (χ1v) is 4.40. The molecule has 0 aliphatic heterocycles. The zero-order chi connectivity index (χ0) is 8.81. The van der Waals surface area contributed by atoms with E-state index in [2.05, 4.69) is 29.9 Å². The van der Waals surface area contributed by atoms with Crippen molar-refractivity contribution < 1.29 is 0 Å². The lowest BCUT2D eigenvalue weighted by Crippen LogP contribution is -2.18. The third-order valence-corrected chi connectivity index (χ3v) is 1.78. The summed E-state index contributed by atoms with van der Waals surface area (Å²) in [4.78, 5) is 6.37. The highest BCUT2D eigenvalue weighted by molar-refractivity contribution is 5.07. The van der Waals surface area contributed by atoms with Crippen LogP contribution in [-0.2, 0) is 6.54 Å². The van der Waals surface area contributed by atoms with Gasteiger partial charge in [-0.05, 0) is 31.6 Å². The highest BCUT2D eigenvalue weighted by Gasteiger charge is 1.97. The molecule has 0 aliphatic rings. The van der Waals surface area contributed by atoms with Crippen LogP contribution in [0.25, 0.3) is 0 Å². The van der Waals surface area contributed by atoms with Gasteiger partial charge in [0.15, 0.2) is 0 Å². The third kappa shape index (κ3) is 3.01. The summed E-state index contributed by atoms with van der Waals surface area (Å²) >= 11 is 0. The van der Waals surface area contributed by atoms with Crippen molar-refractivity contribution in [2.24, 2.45) is 0 Å². The Hall–Kier alpha value is -0.890. The Balaban J connectivity index is 2.41. The summed E-state index contributed by atoms with van der Waals surface area (Å²) in [6.07, 6.45) is 4.94. The van der Waals surface area contributed by atoms with Crippen LogP contribution in [0.1, 0.15) is 18.9 Å². The van der Waals surface area contributed by atoms with Gasteiger partial charge >= 0.3 is 0 Å². The minimum atomic E-state index is 1.00. The average Bonchev–Trinajstić information content (AvgIpc) is 2.06. The predicted molar refractivity (Wildman–Crippen MR) is 50.9 cm³/mol. The quantitative estimate of drug-likeness (QED) is 0.676. The number of aromatic nitrogens is 1. The number of nitrogens with zero attached hydrogens (tertiary/aromatic N) is 2. The second kappa shape index (κ2) is 4.88. The lowest BCUT2D eigenvalue weighted by Gasteiger charge is -2.14. The minimum absolute atomic E-state index is 1.00. The normalized spacial score (nSPS) is 10.6. The predicted octanol–water partition coefficient (Wildman–Crippen LogP) is 1.92. The van der Waals surface area contributed by atoms with E-state index >= 15 is 0 Å². The smallest absolute Gasteiger partial charge is 0.0312 e. The maximum Gasteiger partial charge on any atom is 0.0312 e. The van der Waals surface area contributed by atoms with Crippen molar-refractivity contribution in [2.75, 3.05) is 13.6 Å². The number of hydrogen-bond acceptors (Lipinski definition) is 2. The van der Waals surface area contributed by atoms with E-state index in [-0.39, 0.29) is 0 Å². The Labute approximate surface area is 74.2 Å². The van der Waals surface area contributed by atoms with Gasteiger partial charge in [0.05, 0.1) is 0 Å². The van der Waals surface area contributed by atoms with Gasteiger partial charge in [0, 0.05) is 18.9 Å². The third-order valence-electron chi connectivity index (χ3n) is 1.78. The van der Waals surface area contributed by atoms with E-state index in [1.165, 1.54) is 12.0 Å². The summed E-state index contributed by atoms with van der Waals surface area (Å²) in [5, 5.41) is 0. The van der Waals surface area contributed by atoms with Crippen LogP contribution in [0, 0.1) is 0 Å². The van der Waals surface area contributed by atoms with E-state index in [0.29, 0.717) is 0 Å². The molecule has 1 heterocycles. The number of rotatable bonds is 4. The molecule has 0 saturated heterocycles. The largest absolute Gasteiger partial charge is 0.302 e. The Morgan fingerprint density at radius 3 is 2.92 bits per heavy atom. The van der Waals surface area contributed by atoms with E-state index in [1.807, 2.05) is 18.5 Å². The van der Waals surface area contributed by atoms with Gasteiger partial charge in [0.1, 0.15) is 0 Å². The molecule has 0 amide bonds. The molecule has 0 unspecified atom stereocenters. The molecule has 12 heavy (non-hydrogen) atoms. The van der Waals surface area contributed by atoms with Crippen molar-refractivity contribution in [1.29, 1.82) is 0 Å². The van der Waals surface area contributed by atoms with E-state index in [1.54, 1.807) is 0 Å². The van der Waals surface area contributed by atoms with Crippen molar-refractivity contribution in [3.8, 4) is 0 Å². The second-order valence-corrected chi connectivity index (χ2v) is 3.10. The van der Waals surface area contributed by atoms with E-state index in [0.717, 1.165) is 13.1 Å². The number of pyridine rings is 1. The maximum absolute atomic E-state index is 4.07. The van der Waals surface area contributed by atoms with Gasteiger partial charge in [0.25, 0.3) is 0 Å². The van der Waals surface area contributed by atoms with Crippen LogP contribution in [-0.4, -0.2) is 23.5 Å². The maximum atomic E-state index is 4.07. The molecule has 0 saturated carbocycles. The fraction of sp³-hybridized carbons (Fsp3) is 0.500. The van der Waals surface area contributed by atoms with Gasteiger partial charge in [0.2, 0.25) is 0 Å². The van der Waals surface area contributed by atoms with Crippen molar-refractivity contribution in [3.63, 3.8) is 0 Å². The van der Waals surface area contributed by atoms with Crippen LogP contribution >= 0.6 is 0 Å². The monoisotopic (exact) mass is 164 g/mol. The summed E-state index contributed by atoms with van der Waals surface area (Å²) in [6.45, 7) is 4.34. The molecule has 0 spiro atoms. The van der Waals surface area contributed by atoms with Crippen molar-refractivity contribution in [1.82, 2.24) is 9.88 Å². The van der Waals surface area contributed by atoms with Gasteiger partial charge in [-0.3, -0.25) is 4.98 Å². The number of hydrogen-bond donors (Lipinski definition) is 0. The van der Waals surface area contributed by atoms with Gasteiger partial charge in [-0.2, -0.15) is 0 Å². The molecule has 0 bridgehead atoms. The highest BCUT2D eigenvalue weighted by atomic mass is 15.1. The minimum Gasteiger partial charge on any atom is -0.302 e. The first-order valence-electron chi connectivity index (χ1n) is 4.40. The SMILES string of the molecule is CCCN(C)Cc1cccnc1. The standard InChI is InChI=1S/C10H16N2/c1-3-7-12(2)9-10-5-4-6-11-8-10/h4-6,8H,3,7,9H2,1-2H3. The van der Waals surface area contributed by atoms with E-state index in [4.69, 9.17) is 0 Å². The second-order valence-electron chi connectivity index (χ2n) is 3.10. The van der Waals surface area contributed by atoms with Crippen LogP contribution < -0.4 is 0 Å². The van der Waals surface area contributed by atoms with Gasteiger partial charge in [-0.15, -0.1) is 0 Å². The van der Waals surface area contributed by atoms with Gasteiger partial charge in [-0.25, -0.2) is 0 Å². The topological polar surface area (TPSA) is 16.1 Å². The lowest BCUT2D eigenvalue weighted by molar-refractivity contribution is 0.327. The first kappa shape index (κ1) is 9.20. The summed E-state index contributed by atoms with van der Waals surface area (Å²) in [6, 6.07) is 4.09.